The Morgan fingerprint density at radius 3 is 2.67 bits per heavy atom. The van der Waals surface area contributed by atoms with Gasteiger partial charge in [-0.2, -0.15) is 0 Å². The van der Waals surface area contributed by atoms with Gasteiger partial charge in [0.05, 0.1) is 18.8 Å². The summed E-state index contributed by atoms with van der Waals surface area (Å²) in [4.78, 5) is 27.8. The molecule has 1 saturated heterocycles. The van der Waals surface area contributed by atoms with Crippen molar-refractivity contribution in [2.24, 2.45) is 0 Å². The van der Waals surface area contributed by atoms with Crippen molar-refractivity contribution in [1.82, 2.24) is 19.8 Å². The summed E-state index contributed by atoms with van der Waals surface area (Å²) in [5.41, 5.74) is 3.24. The highest BCUT2D eigenvalue weighted by molar-refractivity contribution is 5.74. The molecule has 1 aromatic heterocycles. The number of benzene rings is 1. The predicted octanol–water partition coefficient (Wildman–Crippen LogP) is 3.18. The van der Waals surface area contributed by atoms with Crippen LogP contribution in [-0.2, 0) is 17.9 Å². The Morgan fingerprint density at radius 2 is 2.00 bits per heavy atom. The normalized spacial score (nSPS) is 16.2. The molecule has 1 atom stereocenters. The van der Waals surface area contributed by atoms with E-state index in [9.17, 15) is 4.79 Å². The number of hydrogen-bond acceptors (Lipinski definition) is 6. The maximum absolute atomic E-state index is 12.0. The minimum Gasteiger partial charge on any atom is -0.496 e. The topological polar surface area (TPSA) is 61.8 Å². The van der Waals surface area contributed by atoms with Crippen LogP contribution in [0.5, 0.6) is 5.75 Å². The molecule has 2 aromatic rings. The van der Waals surface area contributed by atoms with Gasteiger partial charge in [-0.05, 0) is 32.4 Å². The number of nitrogens with zero attached hydrogens (tertiary/aromatic N) is 5. The van der Waals surface area contributed by atoms with Crippen LogP contribution in [0.1, 0.15) is 48.5 Å². The second kappa shape index (κ2) is 9.43. The summed E-state index contributed by atoms with van der Waals surface area (Å²) in [7, 11) is 7.76. The Morgan fingerprint density at radius 1 is 1.23 bits per heavy atom. The van der Waals surface area contributed by atoms with Crippen LogP contribution in [-0.4, -0.2) is 60.5 Å². The minimum atomic E-state index is -0.0386. The highest BCUT2D eigenvalue weighted by Crippen LogP contribution is 2.31. The third-order valence-corrected chi connectivity index (χ3v) is 5.57. The Kier molecular flexibility index (Phi) is 6.92. The number of hydrogen-bond donors (Lipinski definition) is 0. The highest BCUT2D eigenvalue weighted by atomic mass is 16.5. The number of para-hydroxylation sites is 1. The van der Waals surface area contributed by atoms with Gasteiger partial charge in [0.25, 0.3) is 0 Å². The SMILES string of the molecule is COc1c(C)cccc1CN(C)Cc1cc(N(C)C)nc(C2CCCN2C(C)=O)n1. The molecular formula is C23H33N5O2. The lowest BCUT2D eigenvalue weighted by molar-refractivity contribution is -0.129. The molecular weight excluding hydrogens is 378 g/mol. The number of aromatic nitrogens is 2. The number of amides is 1. The summed E-state index contributed by atoms with van der Waals surface area (Å²) < 4.78 is 5.60. The Hall–Kier alpha value is -2.67. The van der Waals surface area contributed by atoms with Gasteiger partial charge in [0, 0.05) is 52.3 Å². The molecule has 0 N–H and O–H groups in total. The number of anilines is 1. The lowest BCUT2D eigenvalue weighted by atomic mass is 10.1. The van der Waals surface area contributed by atoms with Crippen LogP contribution in [0.4, 0.5) is 5.82 Å². The monoisotopic (exact) mass is 411 g/mol. The standard InChI is InChI=1S/C23H33N5O2/c1-16-9-7-10-18(22(16)30-6)14-27(5)15-19-13-21(26(3)4)25-23(24-19)20-11-8-12-28(20)17(2)29/h7,9-10,13,20H,8,11-12,14-15H2,1-6H3. The Balaban J connectivity index is 1.84. The Labute approximate surface area is 179 Å². The lowest BCUT2D eigenvalue weighted by Gasteiger charge is -2.25. The van der Waals surface area contributed by atoms with Crippen LogP contribution >= 0.6 is 0 Å². The molecule has 162 valence electrons. The molecule has 0 radical (unpaired) electrons. The van der Waals surface area contributed by atoms with E-state index in [1.807, 2.05) is 30.0 Å². The summed E-state index contributed by atoms with van der Waals surface area (Å²) >= 11 is 0. The van der Waals surface area contributed by atoms with E-state index >= 15 is 0 Å². The molecule has 1 unspecified atom stereocenters. The van der Waals surface area contributed by atoms with E-state index in [-0.39, 0.29) is 11.9 Å². The molecule has 1 aliphatic heterocycles. The number of carbonyl (C=O) groups excluding carboxylic acids is 1. The summed E-state index contributed by atoms with van der Waals surface area (Å²) in [6, 6.07) is 8.21. The molecule has 1 aliphatic rings. The summed E-state index contributed by atoms with van der Waals surface area (Å²) in [6.07, 6.45) is 1.90. The number of methoxy groups -OCH3 is 1. The second-order valence-corrected chi connectivity index (χ2v) is 8.28. The molecule has 0 aliphatic carbocycles. The van der Waals surface area contributed by atoms with Crippen LogP contribution in [0, 0.1) is 6.92 Å². The van der Waals surface area contributed by atoms with Gasteiger partial charge in [0.2, 0.25) is 5.91 Å². The van der Waals surface area contributed by atoms with Crippen molar-refractivity contribution in [3.8, 4) is 5.75 Å². The average molecular weight is 412 g/mol. The van der Waals surface area contributed by atoms with Crippen molar-refractivity contribution in [3.05, 3.63) is 46.9 Å². The van der Waals surface area contributed by atoms with Crippen molar-refractivity contribution in [1.29, 1.82) is 0 Å². The smallest absolute Gasteiger partial charge is 0.220 e. The Bertz CT molecular complexity index is 899. The van der Waals surface area contributed by atoms with E-state index in [1.165, 1.54) is 0 Å². The maximum atomic E-state index is 12.0. The first-order chi connectivity index (χ1) is 14.3. The molecule has 0 bridgehead atoms. The molecule has 2 heterocycles. The first-order valence-corrected chi connectivity index (χ1v) is 10.4. The molecule has 7 heteroatoms. The quantitative estimate of drug-likeness (QED) is 0.697. The van der Waals surface area contributed by atoms with E-state index in [0.717, 1.165) is 60.1 Å². The highest BCUT2D eigenvalue weighted by Gasteiger charge is 2.30. The predicted molar refractivity (Wildman–Crippen MR) is 119 cm³/mol. The van der Waals surface area contributed by atoms with Crippen LogP contribution in [0.15, 0.2) is 24.3 Å². The number of likely N-dealkylation sites (tertiary alicyclic amines) is 1. The van der Waals surface area contributed by atoms with E-state index < -0.39 is 0 Å². The largest absolute Gasteiger partial charge is 0.496 e. The van der Waals surface area contributed by atoms with Gasteiger partial charge >= 0.3 is 0 Å². The van der Waals surface area contributed by atoms with E-state index in [4.69, 9.17) is 14.7 Å². The number of rotatable bonds is 7. The zero-order valence-corrected chi connectivity index (χ0v) is 19.0. The van der Waals surface area contributed by atoms with Crippen molar-refractivity contribution in [2.45, 2.75) is 45.8 Å². The van der Waals surface area contributed by atoms with Crippen LogP contribution < -0.4 is 9.64 Å². The third-order valence-electron chi connectivity index (χ3n) is 5.57. The first kappa shape index (κ1) is 22.0. The zero-order valence-electron chi connectivity index (χ0n) is 19.0. The average Bonchev–Trinajstić information content (AvgIpc) is 3.18. The van der Waals surface area contributed by atoms with Crippen molar-refractivity contribution >= 4 is 11.7 Å². The first-order valence-electron chi connectivity index (χ1n) is 10.4. The van der Waals surface area contributed by atoms with E-state index in [0.29, 0.717) is 6.54 Å². The van der Waals surface area contributed by atoms with Crippen LogP contribution in [0.2, 0.25) is 0 Å². The van der Waals surface area contributed by atoms with Gasteiger partial charge < -0.3 is 14.5 Å². The van der Waals surface area contributed by atoms with Gasteiger partial charge in [-0.1, -0.05) is 18.2 Å². The van der Waals surface area contributed by atoms with E-state index in [2.05, 4.69) is 37.1 Å². The molecule has 1 fully saturated rings. The van der Waals surface area contributed by atoms with Crippen molar-refractivity contribution in [3.63, 3.8) is 0 Å². The van der Waals surface area contributed by atoms with E-state index in [1.54, 1.807) is 14.0 Å². The summed E-state index contributed by atoms with van der Waals surface area (Å²) in [5, 5.41) is 0. The molecule has 7 nitrogen and oxygen atoms in total. The van der Waals surface area contributed by atoms with Crippen molar-refractivity contribution in [2.75, 3.05) is 39.7 Å². The number of ether oxygens (including phenoxy) is 1. The fourth-order valence-corrected chi connectivity index (χ4v) is 4.13. The van der Waals surface area contributed by atoms with Crippen molar-refractivity contribution < 1.29 is 9.53 Å². The van der Waals surface area contributed by atoms with Crippen LogP contribution in [0.3, 0.4) is 0 Å². The molecule has 1 amide bonds. The lowest BCUT2D eigenvalue weighted by Crippen LogP contribution is -2.30. The minimum absolute atomic E-state index is 0.0386. The third kappa shape index (κ3) is 4.90. The second-order valence-electron chi connectivity index (χ2n) is 8.28. The fraction of sp³-hybridized carbons (Fsp3) is 0.522. The molecule has 30 heavy (non-hydrogen) atoms. The fourth-order valence-electron chi connectivity index (χ4n) is 4.13. The van der Waals surface area contributed by atoms with Gasteiger partial charge in [-0.25, -0.2) is 9.97 Å². The van der Waals surface area contributed by atoms with Gasteiger partial charge in [0.1, 0.15) is 11.6 Å². The molecule has 0 spiro atoms. The summed E-state index contributed by atoms with van der Waals surface area (Å²) in [6.45, 7) is 5.89. The summed E-state index contributed by atoms with van der Waals surface area (Å²) in [5.74, 6) is 2.63. The van der Waals surface area contributed by atoms with Gasteiger partial charge in [-0.3, -0.25) is 9.69 Å². The molecule has 1 aromatic carbocycles. The number of aryl methyl sites for hydroxylation is 1. The van der Waals surface area contributed by atoms with Crippen LogP contribution in [0.25, 0.3) is 0 Å². The van der Waals surface area contributed by atoms with Gasteiger partial charge in [-0.15, -0.1) is 0 Å². The number of carbonyl (C=O) groups is 1. The van der Waals surface area contributed by atoms with Gasteiger partial charge in [0.15, 0.2) is 5.82 Å². The molecule has 0 saturated carbocycles. The zero-order chi connectivity index (χ0) is 21.8. The molecule has 3 rings (SSSR count). The maximum Gasteiger partial charge on any atom is 0.220 e.